The van der Waals surface area contributed by atoms with Gasteiger partial charge in [-0.1, -0.05) is 29.2 Å². The molecule has 21 heavy (non-hydrogen) atoms. The Labute approximate surface area is 126 Å². The highest BCUT2D eigenvalue weighted by molar-refractivity contribution is 6.33. The van der Waals surface area contributed by atoms with Crippen LogP contribution in [0.5, 0.6) is 0 Å². The fourth-order valence-electron chi connectivity index (χ4n) is 4.06. The van der Waals surface area contributed by atoms with E-state index in [0.29, 0.717) is 6.42 Å². The second kappa shape index (κ2) is 5.41. The van der Waals surface area contributed by atoms with E-state index in [1.165, 1.54) is 11.0 Å². The maximum atomic E-state index is 12.7. The van der Waals surface area contributed by atoms with Crippen LogP contribution < -0.4 is 10.8 Å². The second-order valence-electron chi connectivity index (χ2n) is 6.68. The van der Waals surface area contributed by atoms with Crippen molar-refractivity contribution >= 4 is 24.9 Å². The predicted molar refractivity (Wildman–Crippen MR) is 85.7 cm³/mol. The number of fused-ring (bicyclic) bond motifs is 2. The lowest BCUT2D eigenvalue weighted by Crippen LogP contribution is -2.38. The van der Waals surface area contributed by atoms with Crippen molar-refractivity contribution in [2.75, 3.05) is 0 Å². The summed E-state index contributed by atoms with van der Waals surface area (Å²) in [5.41, 5.74) is 3.53. The Kier molecular flexibility index (Phi) is 3.74. The van der Waals surface area contributed by atoms with E-state index in [9.17, 15) is 9.59 Å². The minimum absolute atomic E-state index is 0.109. The first-order valence-corrected chi connectivity index (χ1v) is 7.82. The zero-order valence-corrected chi connectivity index (χ0v) is 13.0. The maximum Gasteiger partial charge on any atom is 0.142 e. The van der Waals surface area contributed by atoms with Crippen molar-refractivity contribution in [3.05, 3.63) is 29.3 Å². The maximum absolute atomic E-state index is 12.7. The second-order valence-corrected chi connectivity index (χ2v) is 6.68. The van der Waals surface area contributed by atoms with Crippen LogP contribution in [0.1, 0.15) is 30.9 Å². The fraction of sp³-hybridized carbons (Fsp3) is 0.529. The van der Waals surface area contributed by atoms with Gasteiger partial charge in [0.2, 0.25) is 0 Å². The van der Waals surface area contributed by atoms with Gasteiger partial charge in [-0.25, -0.2) is 0 Å². The Hall–Kier alpha value is -1.42. The summed E-state index contributed by atoms with van der Waals surface area (Å²) >= 11 is 0. The molecule has 2 saturated heterocycles. The summed E-state index contributed by atoms with van der Waals surface area (Å²) in [5, 5.41) is 3.45. The van der Waals surface area contributed by atoms with Crippen molar-refractivity contribution in [3.8, 4) is 0 Å². The predicted octanol–water partition coefficient (Wildman–Crippen LogP) is 0.321. The Morgan fingerprint density at radius 3 is 2.52 bits per heavy atom. The van der Waals surface area contributed by atoms with Crippen LogP contribution in [0, 0.1) is 18.8 Å². The lowest BCUT2D eigenvalue weighted by atomic mass is 9.74. The van der Waals surface area contributed by atoms with Crippen LogP contribution in [0.2, 0.25) is 0 Å². The van der Waals surface area contributed by atoms with Crippen molar-refractivity contribution in [2.45, 2.75) is 45.2 Å². The van der Waals surface area contributed by atoms with Gasteiger partial charge >= 0.3 is 0 Å². The van der Waals surface area contributed by atoms with Gasteiger partial charge in [0.15, 0.2) is 0 Å². The molecule has 2 aliphatic rings. The largest absolute Gasteiger partial charge is 0.310 e. The number of hydrogen-bond donors (Lipinski definition) is 1. The van der Waals surface area contributed by atoms with E-state index in [1.807, 2.05) is 6.07 Å². The molecule has 0 aliphatic carbocycles. The number of Topliss-reactive ketones (excluding diaryl/α,β-unsaturated/α-hetero) is 2. The third-order valence-electron chi connectivity index (χ3n) is 5.26. The van der Waals surface area contributed by atoms with Gasteiger partial charge in [0.25, 0.3) is 0 Å². The van der Waals surface area contributed by atoms with Crippen molar-refractivity contribution in [3.63, 3.8) is 0 Å². The van der Waals surface area contributed by atoms with Crippen molar-refractivity contribution < 1.29 is 9.59 Å². The summed E-state index contributed by atoms with van der Waals surface area (Å²) in [5.74, 6) is 0.150. The molecule has 3 rings (SSSR count). The monoisotopic (exact) mass is 283 g/mol. The molecule has 2 heterocycles. The van der Waals surface area contributed by atoms with Crippen molar-refractivity contribution in [2.24, 2.45) is 11.8 Å². The Morgan fingerprint density at radius 1 is 1.24 bits per heavy atom. The van der Waals surface area contributed by atoms with E-state index >= 15 is 0 Å². The molecule has 1 N–H and O–H groups in total. The molecule has 2 fully saturated rings. The average Bonchev–Trinajstić information content (AvgIpc) is 3.03. The van der Waals surface area contributed by atoms with Crippen molar-refractivity contribution in [1.29, 1.82) is 0 Å². The Bertz CT molecular complexity index is 598. The molecule has 1 aromatic rings. The van der Waals surface area contributed by atoms with E-state index in [-0.39, 0.29) is 35.5 Å². The minimum Gasteiger partial charge on any atom is -0.310 e. The number of aryl methyl sites for hydroxylation is 1. The zero-order chi connectivity index (χ0) is 15.1. The molecule has 4 atom stereocenters. The summed E-state index contributed by atoms with van der Waals surface area (Å²) in [6.07, 6.45) is 2.50. The number of hydrogen-bond acceptors (Lipinski definition) is 3. The first-order valence-electron chi connectivity index (χ1n) is 7.82. The molecule has 110 valence electrons. The lowest BCUT2D eigenvalue weighted by Gasteiger charge is -2.26. The van der Waals surface area contributed by atoms with Crippen LogP contribution in [0.15, 0.2) is 18.2 Å². The summed E-state index contributed by atoms with van der Waals surface area (Å²) < 4.78 is 0. The highest BCUT2D eigenvalue weighted by Gasteiger charge is 2.51. The quantitative estimate of drug-likeness (QED) is 0.810. The van der Waals surface area contributed by atoms with E-state index in [1.54, 1.807) is 6.92 Å². The molecule has 0 radical (unpaired) electrons. The van der Waals surface area contributed by atoms with Crippen LogP contribution in [0.4, 0.5) is 0 Å². The smallest absolute Gasteiger partial charge is 0.142 e. The normalized spacial score (nSPS) is 30.6. The number of carbonyl (C=O) groups is 2. The summed E-state index contributed by atoms with van der Waals surface area (Å²) in [7, 11) is 2.08. The summed E-state index contributed by atoms with van der Waals surface area (Å²) in [6.45, 7) is 3.70. The highest BCUT2D eigenvalue weighted by Crippen LogP contribution is 2.39. The number of rotatable bonds is 4. The molecule has 0 spiro atoms. The van der Waals surface area contributed by atoms with Crippen LogP contribution in [-0.2, 0) is 16.0 Å². The molecule has 1 aromatic carbocycles. The van der Waals surface area contributed by atoms with E-state index in [2.05, 4.69) is 32.2 Å². The first-order chi connectivity index (χ1) is 9.97. The summed E-state index contributed by atoms with van der Waals surface area (Å²) in [6, 6.07) is 6.63. The van der Waals surface area contributed by atoms with Gasteiger partial charge in [-0.2, -0.15) is 0 Å². The van der Waals surface area contributed by atoms with Gasteiger partial charge in [-0.3, -0.25) is 9.59 Å². The number of carbonyl (C=O) groups excluding carboxylic acids is 2. The van der Waals surface area contributed by atoms with Crippen LogP contribution in [0.25, 0.3) is 0 Å². The van der Waals surface area contributed by atoms with Gasteiger partial charge < -0.3 is 5.32 Å². The SMILES string of the molecule is Bc1ccc(CC(=O)[C@@H]2C3CCC(N3)[C@@H]2C(C)=O)cc1C. The molecule has 2 aliphatic heterocycles. The Morgan fingerprint density at radius 2 is 1.90 bits per heavy atom. The number of nitrogens with one attached hydrogen (secondary N) is 1. The van der Waals surface area contributed by atoms with Gasteiger partial charge in [-0.15, -0.1) is 0 Å². The lowest BCUT2D eigenvalue weighted by molar-refractivity contribution is -0.131. The zero-order valence-electron chi connectivity index (χ0n) is 13.0. The number of ketones is 2. The fourth-order valence-corrected chi connectivity index (χ4v) is 4.06. The van der Waals surface area contributed by atoms with E-state index < -0.39 is 0 Å². The molecule has 3 nitrogen and oxygen atoms in total. The minimum atomic E-state index is -0.122. The van der Waals surface area contributed by atoms with Crippen LogP contribution in [-0.4, -0.2) is 31.5 Å². The first kappa shape index (κ1) is 14.5. The van der Waals surface area contributed by atoms with Crippen molar-refractivity contribution in [1.82, 2.24) is 5.32 Å². The van der Waals surface area contributed by atoms with Gasteiger partial charge in [0.1, 0.15) is 19.4 Å². The third kappa shape index (κ3) is 2.57. The average molecular weight is 283 g/mol. The standard InChI is InChI=1S/C17H22BNO2/c1-9-7-11(3-4-12(9)18)8-15(21)17-14-6-5-13(19-14)16(17)10(2)20/h3-4,7,13-14,16-17,19H,5-6,8,18H2,1-2H3/t13?,14?,16-,17-/m0/s1. The molecule has 4 heteroatoms. The molecular formula is C17H22BNO2. The van der Waals surface area contributed by atoms with Crippen LogP contribution in [0.3, 0.4) is 0 Å². The van der Waals surface area contributed by atoms with E-state index in [4.69, 9.17) is 0 Å². The third-order valence-corrected chi connectivity index (χ3v) is 5.26. The molecule has 0 aromatic heterocycles. The molecular weight excluding hydrogens is 261 g/mol. The highest BCUT2D eigenvalue weighted by atomic mass is 16.1. The van der Waals surface area contributed by atoms with Gasteiger partial charge in [0.05, 0.1) is 0 Å². The molecule has 2 bridgehead atoms. The van der Waals surface area contributed by atoms with Gasteiger partial charge in [-0.05, 0) is 32.3 Å². The molecule has 0 amide bonds. The topological polar surface area (TPSA) is 46.2 Å². The van der Waals surface area contributed by atoms with E-state index in [0.717, 1.165) is 18.4 Å². The Balaban J connectivity index is 1.78. The van der Waals surface area contributed by atoms with Gasteiger partial charge in [0, 0.05) is 30.3 Å². The molecule has 0 saturated carbocycles. The van der Waals surface area contributed by atoms with Crippen LogP contribution >= 0.6 is 0 Å². The number of benzene rings is 1. The summed E-state index contributed by atoms with van der Waals surface area (Å²) in [4.78, 5) is 24.6. The molecule has 2 unspecified atom stereocenters.